The number of nitrogens with zero attached hydrogens (tertiary/aromatic N) is 1. The van der Waals surface area contributed by atoms with Crippen molar-refractivity contribution >= 4 is 22.4 Å². The van der Waals surface area contributed by atoms with E-state index in [9.17, 15) is 9.18 Å². The van der Waals surface area contributed by atoms with Crippen LogP contribution in [0.2, 0.25) is 0 Å². The molecule has 92 valence electrons. The Bertz CT molecular complexity index is 625. The molecule has 18 heavy (non-hydrogen) atoms. The minimum Gasteiger partial charge on any atom is -0.398 e. The van der Waals surface area contributed by atoms with Crippen molar-refractivity contribution in [2.45, 2.75) is 0 Å². The predicted molar refractivity (Wildman–Crippen MR) is 68.6 cm³/mol. The van der Waals surface area contributed by atoms with Crippen LogP contribution in [0, 0.1) is 5.82 Å². The Morgan fingerprint density at radius 2 is 2.28 bits per heavy atom. The lowest BCUT2D eigenvalue weighted by molar-refractivity contribution is 0.0955. The highest BCUT2D eigenvalue weighted by Gasteiger charge is 2.15. The number of carbonyl (C=O) groups excluding carboxylic acids is 1. The first-order chi connectivity index (χ1) is 8.65. The second-order valence-electron chi connectivity index (χ2n) is 3.72. The smallest absolute Gasteiger partial charge is 0.270 e. The van der Waals surface area contributed by atoms with Gasteiger partial charge in [0, 0.05) is 29.2 Å². The van der Waals surface area contributed by atoms with Crippen molar-refractivity contribution in [2.24, 2.45) is 0 Å². The number of carbonyl (C=O) groups is 1. The molecule has 0 fully saturated rings. The SMILES string of the molecule is C=CCNC(=O)c1nccc2c(F)ccc(N)c12. The van der Waals surface area contributed by atoms with Gasteiger partial charge in [0.2, 0.25) is 0 Å². The maximum atomic E-state index is 13.6. The molecule has 0 aliphatic rings. The number of nitrogens with two attached hydrogens (primary N) is 1. The number of fused-ring (bicyclic) bond motifs is 1. The van der Waals surface area contributed by atoms with Crippen LogP contribution in [0.5, 0.6) is 0 Å². The lowest BCUT2D eigenvalue weighted by atomic mass is 10.1. The van der Waals surface area contributed by atoms with Gasteiger partial charge >= 0.3 is 0 Å². The van der Waals surface area contributed by atoms with Gasteiger partial charge in [0.05, 0.1) is 0 Å². The monoisotopic (exact) mass is 245 g/mol. The van der Waals surface area contributed by atoms with E-state index in [1.54, 1.807) is 6.08 Å². The topological polar surface area (TPSA) is 68.0 Å². The number of aromatic nitrogens is 1. The summed E-state index contributed by atoms with van der Waals surface area (Å²) < 4.78 is 13.6. The third-order valence-electron chi connectivity index (χ3n) is 2.53. The lowest BCUT2D eigenvalue weighted by Crippen LogP contribution is -2.24. The Morgan fingerprint density at radius 3 is 3.00 bits per heavy atom. The maximum Gasteiger partial charge on any atom is 0.270 e. The van der Waals surface area contributed by atoms with Gasteiger partial charge in [-0.2, -0.15) is 0 Å². The standard InChI is InChI=1S/C13H12FN3O/c1-2-6-17-13(18)12-11-8(5-7-16-12)9(14)3-4-10(11)15/h2-5,7H,1,6,15H2,(H,17,18). The van der Waals surface area contributed by atoms with Crippen molar-refractivity contribution in [1.82, 2.24) is 10.3 Å². The van der Waals surface area contributed by atoms with E-state index >= 15 is 0 Å². The van der Waals surface area contributed by atoms with Gasteiger partial charge in [-0.1, -0.05) is 6.08 Å². The maximum absolute atomic E-state index is 13.6. The molecule has 0 spiro atoms. The summed E-state index contributed by atoms with van der Waals surface area (Å²) >= 11 is 0. The Morgan fingerprint density at radius 1 is 1.50 bits per heavy atom. The van der Waals surface area contributed by atoms with Crippen molar-refractivity contribution in [3.05, 3.63) is 48.6 Å². The minimum atomic E-state index is -0.431. The van der Waals surface area contributed by atoms with E-state index in [-0.39, 0.29) is 11.1 Å². The fourth-order valence-corrected chi connectivity index (χ4v) is 1.71. The second kappa shape index (κ2) is 4.83. The van der Waals surface area contributed by atoms with Gasteiger partial charge in [-0.3, -0.25) is 9.78 Å². The molecule has 0 saturated carbocycles. The first-order valence-electron chi connectivity index (χ1n) is 5.37. The van der Waals surface area contributed by atoms with Crippen molar-refractivity contribution in [3.63, 3.8) is 0 Å². The van der Waals surface area contributed by atoms with Crippen LogP contribution >= 0.6 is 0 Å². The fourth-order valence-electron chi connectivity index (χ4n) is 1.71. The summed E-state index contributed by atoms with van der Waals surface area (Å²) in [6.07, 6.45) is 2.93. The number of rotatable bonds is 3. The summed E-state index contributed by atoms with van der Waals surface area (Å²) in [5.41, 5.74) is 6.22. The van der Waals surface area contributed by atoms with Gasteiger partial charge in [0.25, 0.3) is 5.91 Å². The van der Waals surface area contributed by atoms with Crippen LogP contribution in [-0.4, -0.2) is 17.4 Å². The molecule has 0 saturated heterocycles. The van der Waals surface area contributed by atoms with E-state index in [0.717, 1.165) is 0 Å². The Balaban J connectivity index is 2.61. The quantitative estimate of drug-likeness (QED) is 0.640. The predicted octanol–water partition coefficient (Wildman–Crippen LogP) is 1.87. The van der Waals surface area contributed by atoms with E-state index < -0.39 is 11.7 Å². The summed E-state index contributed by atoms with van der Waals surface area (Å²) in [7, 11) is 0. The highest BCUT2D eigenvalue weighted by Crippen LogP contribution is 2.25. The number of halogens is 1. The van der Waals surface area contributed by atoms with E-state index in [0.29, 0.717) is 17.6 Å². The second-order valence-corrected chi connectivity index (χ2v) is 3.72. The van der Waals surface area contributed by atoms with E-state index in [4.69, 9.17) is 5.73 Å². The highest BCUT2D eigenvalue weighted by molar-refractivity contribution is 6.09. The molecule has 0 radical (unpaired) electrons. The highest BCUT2D eigenvalue weighted by atomic mass is 19.1. The average Bonchev–Trinajstić information content (AvgIpc) is 2.39. The lowest BCUT2D eigenvalue weighted by Gasteiger charge is -2.08. The molecule has 1 amide bonds. The first kappa shape index (κ1) is 12.0. The van der Waals surface area contributed by atoms with Crippen LogP contribution in [0.3, 0.4) is 0 Å². The van der Waals surface area contributed by atoms with Crippen molar-refractivity contribution in [3.8, 4) is 0 Å². The molecule has 1 aromatic heterocycles. The number of amides is 1. The molecular formula is C13H12FN3O. The van der Waals surface area contributed by atoms with Gasteiger partial charge in [-0.25, -0.2) is 4.39 Å². The zero-order valence-corrected chi connectivity index (χ0v) is 9.61. The summed E-state index contributed by atoms with van der Waals surface area (Å²) in [5.74, 6) is -0.836. The number of anilines is 1. The molecular weight excluding hydrogens is 233 g/mol. The van der Waals surface area contributed by atoms with Gasteiger partial charge in [0.15, 0.2) is 0 Å². The molecule has 0 aliphatic heterocycles. The van der Waals surface area contributed by atoms with E-state index in [1.165, 1.54) is 24.4 Å². The fraction of sp³-hybridized carbons (Fsp3) is 0.0769. The molecule has 0 bridgehead atoms. The molecule has 0 unspecified atom stereocenters. The largest absolute Gasteiger partial charge is 0.398 e. The zero-order valence-electron chi connectivity index (χ0n) is 9.61. The number of nitrogens with one attached hydrogen (secondary N) is 1. The summed E-state index contributed by atoms with van der Waals surface area (Å²) in [6.45, 7) is 3.81. The molecule has 2 rings (SSSR count). The minimum absolute atomic E-state index is 0.117. The Kier molecular flexibility index (Phi) is 3.23. The zero-order chi connectivity index (χ0) is 13.1. The van der Waals surface area contributed by atoms with Crippen LogP contribution in [0.1, 0.15) is 10.5 Å². The summed E-state index contributed by atoms with van der Waals surface area (Å²) in [4.78, 5) is 15.9. The van der Waals surface area contributed by atoms with Gasteiger partial charge in [-0.05, 0) is 18.2 Å². The molecule has 4 nitrogen and oxygen atoms in total. The average molecular weight is 245 g/mol. The van der Waals surface area contributed by atoms with E-state index in [1.807, 2.05) is 0 Å². The molecule has 1 heterocycles. The molecule has 5 heteroatoms. The number of pyridine rings is 1. The number of benzene rings is 1. The molecule has 2 aromatic rings. The number of hydrogen-bond donors (Lipinski definition) is 2. The third-order valence-corrected chi connectivity index (χ3v) is 2.53. The van der Waals surface area contributed by atoms with Crippen LogP contribution in [0.4, 0.5) is 10.1 Å². The van der Waals surface area contributed by atoms with E-state index in [2.05, 4.69) is 16.9 Å². The molecule has 1 aromatic carbocycles. The number of nitrogen functional groups attached to an aromatic ring is 1. The summed E-state index contributed by atoms with van der Waals surface area (Å²) in [5, 5.41) is 3.21. The van der Waals surface area contributed by atoms with Crippen LogP contribution < -0.4 is 11.1 Å². The Hall–Kier alpha value is -2.43. The van der Waals surface area contributed by atoms with Crippen molar-refractivity contribution in [1.29, 1.82) is 0 Å². The molecule has 0 aliphatic carbocycles. The van der Waals surface area contributed by atoms with Crippen molar-refractivity contribution in [2.75, 3.05) is 12.3 Å². The first-order valence-corrected chi connectivity index (χ1v) is 5.37. The normalized spacial score (nSPS) is 10.3. The van der Waals surface area contributed by atoms with Crippen LogP contribution in [0.15, 0.2) is 37.1 Å². The van der Waals surface area contributed by atoms with Crippen LogP contribution in [0.25, 0.3) is 10.8 Å². The number of hydrogen-bond acceptors (Lipinski definition) is 3. The molecule has 0 atom stereocenters. The van der Waals surface area contributed by atoms with Gasteiger partial charge in [-0.15, -0.1) is 6.58 Å². The summed E-state index contributed by atoms with van der Waals surface area (Å²) in [6, 6.07) is 4.18. The Labute approximate surface area is 103 Å². The molecule has 3 N–H and O–H groups in total. The third kappa shape index (κ3) is 2.02. The van der Waals surface area contributed by atoms with Crippen LogP contribution in [-0.2, 0) is 0 Å². The van der Waals surface area contributed by atoms with Gasteiger partial charge < -0.3 is 11.1 Å². The van der Waals surface area contributed by atoms with Crippen molar-refractivity contribution < 1.29 is 9.18 Å². The van der Waals surface area contributed by atoms with Gasteiger partial charge in [0.1, 0.15) is 11.5 Å².